The van der Waals surface area contributed by atoms with Crippen LogP contribution < -0.4 is 10.1 Å². The van der Waals surface area contributed by atoms with E-state index in [-0.39, 0.29) is 53.9 Å². The molecule has 2 aliphatic heterocycles. The second kappa shape index (κ2) is 8.74. The van der Waals surface area contributed by atoms with Crippen LogP contribution in [-0.4, -0.2) is 48.3 Å². The van der Waals surface area contributed by atoms with E-state index >= 15 is 0 Å². The Bertz CT molecular complexity index is 1600. The molecule has 5 heterocycles. The molecule has 2 N–H and O–H groups in total. The zero-order valence-electron chi connectivity index (χ0n) is 19.9. The van der Waals surface area contributed by atoms with Gasteiger partial charge in [0.2, 0.25) is 11.7 Å². The molecule has 6 rings (SSSR count). The maximum Gasteiger partial charge on any atom is 0.433 e. The number of aromatic nitrogens is 4. The third-order valence-electron chi connectivity index (χ3n) is 6.78. The highest BCUT2D eigenvalue weighted by molar-refractivity contribution is 6.03. The number of hydrogen-bond acceptors (Lipinski definition) is 8. The molecular formula is C25H20F4N6O3. The van der Waals surface area contributed by atoms with E-state index in [1.807, 2.05) is 0 Å². The molecule has 2 aliphatic rings. The highest BCUT2D eigenvalue weighted by atomic mass is 19.4. The molecule has 0 radical (unpaired) electrons. The molecular weight excluding hydrogens is 508 g/mol. The van der Waals surface area contributed by atoms with Crippen LogP contribution in [0.1, 0.15) is 46.2 Å². The van der Waals surface area contributed by atoms with Gasteiger partial charge in [0.15, 0.2) is 12.8 Å². The van der Waals surface area contributed by atoms with E-state index in [9.17, 15) is 27.5 Å². The Morgan fingerprint density at radius 2 is 2.00 bits per heavy atom. The topological polar surface area (TPSA) is 105 Å². The molecule has 0 saturated carbocycles. The van der Waals surface area contributed by atoms with Crippen LogP contribution in [0.3, 0.4) is 0 Å². The Kier molecular flexibility index (Phi) is 5.58. The van der Waals surface area contributed by atoms with E-state index in [0.29, 0.717) is 28.9 Å². The number of aliphatic hydroxyl groups is 1. The fraction of sp³-hybridized carbons (Fsp3) is 0.280. The van der Waals surface area contributed by atoms with Crippen LogP contribution in [0.15, 0.2) is 36.8 Å². The predicted molar refractivity (Wildman–Crippen MR) is 126 cm³/mol. The van der Waals surface area contributed by atoms with Crippen LogP contribution in [0.2, 0.25) is 0 Å². The number of halogens is 4. The van der Waals surface area contributed by atoms with Gasteiger partial charge in [-0.2, -0.15) is 13.2 Å². The first-order valence-electron chi connectivity index (χ1n) is 11.7. The normalized spacial score (nSPS) is 17.1. The summed E-state index contributed by atoms with van der Waals surface area (Å²) in [6, 6.07) is 4.87. The number of Topliss-reactive ketones (excluding diaryl/α,β-unsaturated/α-hetero) is 1. The van der Waals surface area contributed by atoms with Gasteiger partial charge in [0.25, 0.3) is 0 Å². The first-order valence-corrected chi connectivity index (χ1v) is 11.7. The monoisotopic (exact) mass is 528 g/mol. The largest absolute Gasteiger partial charge is 0.485 e. The van der Waals surface area contributed by atoms with E-state index in [1.165, 1.54) is 35.1 Å². The van der Waals surface area contributed by atoms with E-state index in [2.05, 4.69) is 20.3 Å². The van der Waals surface area contributed by atoms with Gasteiger partial charge in [-0.15, -0.1) is 0 Å². The number of carbonyl (C=O) groups is 1. The van der Waals surface area contributed by atoms with Gasteiger partial charge in [-0.1, -0.05) is 13.0 Å². The maximum atomic E-state index is 14.7. The van der Waals surface area contributed by atoms with E-state index in [0.717, 1.165) is 6.07 Å². The average molecular weight is 528 g/mol. The second-order valence-corrected chi connectivity index (χ2v) is 8.93. The van der Waals surface area contributed by atoms with E-state index in [4.69, 9.17) is 4.74 Å². The van der Waals surface area contributed by atoms with Gasteiger partial charge in [0.1, 0.15) is 29.3 Å². The average Bonchev–Trinajstić information content (AvgIpc) is 3.49. The Labute approximate surface area is 212 Å². The molecule has 0 spiro atoms. The number of rotatable bonds is 4. The summed E-state index contributed by atoms with van der Waals surface area (Å²) in [5, 5.41) is 14.1. The van der Waals surface area contributed by atoms with Crippen molar-refractivity contribution in [3.05, 3.63) is 70.8 Å². The van der Waals surface area contributed by atoms with Crippen molar-refractivity contribution in [3.63, 3.8) is 0 Å². The minimum atomic E-state index is -4.63. The molecule has 0 saturated heterocycles. The standard InChI is InChI=1S/C25H20F4N6O3/c1-2-34-9-16-12(3-6-19(33-16)25(27,28)29)13-7-30-24(35-11-32-21(22(13)35)23(34)37)31-8-14-15(26)4-5-18-20(14)17(36)10-38-18/h3-7,11,23,37H,2,8-10H2,1H3,(H,30,31). The van der Waals surface area contributed by atoms with Crippen LogP contribution in [0.4, 0.5) is 23.5 Å². The molecule has 1 unspecified atom stereocenters. The van der Waals surface area contributed by atoms with Crippen LogP contribution >= 0.6 is 0 Å². The van der Waals surface area contributed by atoms with Gasteiger partial charge < -0.3 is 15.2 Å². The molecule has 0 amide bonds. The van der Waals surface area contributed by atoms with Crippen molar-refractivity contribution in [2.75, 3.05) is 18.5 Å². The molecule has 9 nitrogen and oxygen atoms in total. The van der Waals surface area contributed by atoms with E-state index in [1.54, 1.807) is 11.8 Å². The first-order chi connectivity index (χ1) is 18.2. The number of carbonyl (C=O) groups excluding carboxylic acids is 1. The van der Waals surface area contributed by atoms with Crippen molar-refractivity contribution in [1.29, 1.82) is 0 Å². The van der Waals surface area contributed by atoms with Crippen molar-refractivity contribution in [3.8, 4) is 16.9 Å². The number of anilines is 1. The number of hydrogen-bond donors (Lipinski definition) is 2. The molecule has 38 heavy (non-hydrogen) atoms. The van der Waals surface area contributed by atoms with Crippen LogP contribution in [0, 0.1) is 5.82 Å². The summed E-state index contributed by atoms with van der Waals surface area (Å²) in [5.41, 5.74) is 0.944. The number of alkyl halides is 3. The van der Waals surface area contributed by atoms with Gasteiger partial charge in [0.05, 0.1) is 16.8 Å². The summed E-state index contributed by atoms with van der Waals surface area (Å²) in [5.74, 6) is -0.387. The number of nitrogens with one attached hydrogen (secondary N) is 1. The highest BCUT2D eigenvalue weighted by Gasteiger charge is 2.35. The lowest BCUT2D eigenvalue weighted by Gasteiger charge is -2.29. The number of imidazole rings is 1. The maximum absolute atomic E-state index is 14.7. The van der Waals surface area contributed by atoms with Crippen LogP contribution in [0.5, 0.6) is 5.75 Å². The number of fused-ring (bicyclic) bond motifs is 3. The highest BCUT2D eigenvalue weighted by Crippen LogP contribution is 2.39. The Hall–Kier alpha value is -4.10. The minimum Gasteiger partial charge on any atom is -0.485 e. The number of aliphatic hydroxyl groups excluding tert-OH is 1. The van der Waals surface area contributed by atoms with Crippen LogP contribution in [-0.2, 0) is 19.3 Å². The fourth-order valence-electron chi connectivity index (χ4n) is 4.90. The molecule has 0 fully saturated rings. The molecule has 0 aliphatic carbocycles. The quantitative estimate of drug-likeness (QED) is 0.384. The second-order valence-electron chi connectivity index (χ2n) is 8.93. The zero-order chi connectivity index (χ0) is 26.8. The summed E-state index contributed by atoms with van der Waals surface area (Å²) in [7, 11) is 0. The Morgan fingerprint density at radius 3 is 2.76 bits per heavy atom. The zero-order valence-corrected chi connectivity index (χ0v) is 19.9. The molecule has 4 aromatic rings. The summed E-state index contributed by atoms with van der Waals surface area (Å²) >= 11 is 0. The van der Waals surface area contributed by atoms with Crippen molar-refractivity contribution in [1.82, 2.24) is 24.3 Å². The van der Waals surface area contributed by atoms with Crippen molar-refractivity contribution in [2.45, 2.75) is 32.4 Å². The number of pyridine rings is 1. The lowest BCUT2D eigenvalue weighted by Crippen LogP contribution is -2.30. The van der Waals surface area contributed by atoms with Gasteiger partial charge in [0, 0.05) is 36.0 Å². The SMILES string of the molecule is CCN1Cc2nc(C(F)(F)F)ccc2-c2cnc(NCc3c(F)ccc4c3C(=O)CO4)n3cnc(c23)C1O. The summed E-state index contributed by atoms with van der Waals surface area (Å²) in [6.07, 6.45) is -2.99. The number of benzene rings is 1. The minimum absolute atomic E-state index is 0.0378. The summed E-state index contributed by atoms with van der Waals surface area (Å²) in [4.78, 5) is 26.5. The van der Waals surface area contributed by atoms with Crippen molar-refractivity contribution < 1.29 is 32.2 Å². The summed E-state index contributed by atoms with van der Waals surface area (Å²) < 4.78 is 61.7. The van der Waals surface area contributed by atoms with Crippen molar-refractivity contribution >= 4 is 17.2 Å². The predicted octanol–water partition coefficient (Wildman–Crippen LogP) is 3.96. The van der Waals surface area contributed by atoms with Crippen molar-refractivity contribution in [2.24, 2.45) is 0 Å². The Balaban J connectivity index is 1.47. The lowest BCUT2D eigenvalue weighted by atomic mass is 10.0. The van der Waals surface area contributed by atoms with Gasteiger partial charge in [-0.25, -0.2) is 19.3 Å². The number of ketones is 1. The first kappa shape index (κ1) is 24.2. The van der Waals surface area contributed by atoms with Gasteiger partial charge in [-0.05, 0) is 24.7 Å². The molecule has 196 valence electrons. The molecule has 0 bridgehead atoms. The van der Waals surface area contributed by atoms with Gasteiger partial charge in [-0.3, -0.25) is 14.1 Å². The molecule has 1 aromatic carbocycles. The third kappa shape index (κ3) is 3.77. The smallest absolute Gasteiger partial charge is 0.433 e. The number of ether oxygens (including phenoxy) is 1. The van der Waals surface area contributed by atoms with Gasteiger partial charge >= 0.3 is 6.18 Å². The molecule has 1 atom stereocenters. The van der Waals surface area contributed by atoms with E-state index < -0.39 is 23.9 Å². The summed E-state index contributed by atoms with van der Waals surface area (Å²) in [6.45, 7) is 1.78. The number of nitrogens with zero attached hydrogens (tertiary/aromatic N) is 5. The fourth-order valence-corrected chi connectivity index (χ4v) is 4.90. The molecule has 13 heteroatoms. The van der Waals surface area contributed by atoms with Crippen LogP contribution in [0.25, 0.3) is 16.6 Å². The third-order valence-corrected chi connectivity index (χ3v) is 6.78. The lowest BCUT2D eigenvalue weighted by molar-refractivity contribution is -0.141. The molecule has 3 aromatic heterocycles. The Morgan fingerprint density at radius 1 is 1.18 bits per heavy atom.